The summed E-state index contributed by atoms with van der Waals surface area (Å²) in [5.41, 5.74) is 2.66. The van der Waals surface area contributed by atoms with Crippen LogP contribution < -0.4 is 5.32 Å². The predicted octanol–water partition coefficient (Wildman–Crippen LogP) is 6.43. The van der Waals surface area contributed by atoms with E-state index < -0.39 is 11.7 Å². The van der Waals surface area contributed by atoms with E-state index in [-0.39, 0.29) is 17.1 Å². The number of aryl methyl sites for hydroxylation is 2. The highest BCUT2D eigenvalue weighted by Gasteiger charge is 2.23. The average Bonchev–Trinajstić information content (AvgIpc) is 3.17. The van der Waals surface area contributed by atoms with Crippen molar-refractivity contribution in [3.63, 3.8) is 0 Å². The third kappa shape index (κ3) is 5.75. The number of hydrogen-bond acceptors (Lipinski definition) is 6. The summed E-state index contributed by atoms with van der Waals surface area (Å²) in [4.78, 5) is 21.9. The first-order chi connectivity index (χ1) is 16.2. The zero-order valence-electron chi connectivity index (χ0n) is 17.8. The van der Waals surface area contributed by atoms with E-state index in [2.05, 4.69) is 41.5 Å². The van der Waals surface area contributed by atoms with E-state index in [1.807, 2.05) is 19.9 Å². The van der Waals surface area contributed by atoms with E-state index in [1.54, 1.807) is 24.3 Å². The van der Waals surface area contributed by atoms with Crippen molar-refractivity contribution in [2.24, 2.45) is 0 Å². The van der Waals surface area contributed by atoms with Gasteiger partial charge in [-0.05, 0) is 56.3 Å². The Morgan fingerprint density at radius 3 is 2.41 bits per heavy atom. The van der Waals surface area contributed by atoms with Crippen LogP contribution in [0.1, 0.15) is 27.6 Å². The smallest absolute Gasteiger partial charge is 0.278 e. The summed E-state index contributed by atoms with van der Waals surface area (Å²) in [6.07, 6.45) is 0. The van der Waals surface area contributed by atoms with E-state index in [9.17, 15) is 9.18 Å². The minimum Gasteiger partial charge on any atom is -0.318 e. The Morgan fingerprint density at radius 1 is 1.09 bits per heavy atom. The summed E-state index contributed by atoms with van der Waals surface area (Å²) in [7, 11) is 0. The monoisotopic (exact) mass is 580 g/mol. The van der Waals surface area contributed by atoms with Gasteiger partial charge in [0.05, 0.1) is 17.1 Å². The number of halogens is 4. The lowest BCUT2D eigenvalue weighted by Crippen LogP contribution is -2.16. The average molecular weight is 582 g/mol. The molecule has 4 rings (SSSR count). The fraction of sp³-hybridized carbons (Fsp3) is 0.136. The molecule has 1 amide bonds. The molecule has 7 nitrogen and oxygen atoms in total. The predicted molar refractivity (Wildman–Crippen MR) is 134 cm³/mol. The molecule has 0 saturated heterocycles. The first-order valence-corrected chi connectivity index (χ1v) is 12.4. The van der Waals surface area contributed by atoms with E-state index >= 15 is 0 Å². The lowest BCUT2D eigenvalue weighted by Gasteiger charge is -2.10. The fourth-order valence-electron chi connectivity index (χ4n) is 3.14. The maximum atomic E-state index is 14.3. The molecule has 34 heavy (non-hydrogen) atoms. The van der Waals surface area contributed by atoms with Crippen LogP contribution >= 0.6 is 50.9 Å². The normalized spacial score (nSPS) is 11.0. The number of anilines is 1. The van der Waals surface area contributed by atoms with Gasteiger partial charge in [0.1, 0.15) is 5.82 Å². The maximum Gasteiger partial charge on any atom is 0.278 e. The van der Waals surface area contributed by atoms with E-state index in [1.165, 1.54) is 28.6 Å². The van der Waals surface area contributed by atoms with Gasteiger partial charge in [0.25, 0.3) is 5.91 Å². The van der Waals surface area contributed by atoms with Crippen molar-refractivity contribution in [3.05, 3.63) is 85.6 Å². The van der Waals surface area contributed by atoms with Gasteiger partial charge in [-0.3, -0.25) is 4.79 Å². The number of carbonyl (C=O) groups is 1. The van der Waals surface area contributed by atoms with Crippen LogP contribution in [0, 0.1) is 19.7 Å². The molecule has 2 aromatic heterocycles. The molecule has 0 aliphatic heterocycles. The van der Waals surface area contributed by atoms with E-state index in [0.29, 0.717) is 31.1 Å². The lowest BCUT2D eigenvalue weighted by molar-refractivity contribution is 0.102. The number of aromatic nitrogens is 5. The molecule has 0 radical (unpaired) electrons. The molecule has 12 heteroatoms. The number of rotatable bonds is 6. The Labute approximate surface area is 217 Å². The van der Waals surface area contributed by atoms with Crippen molar-refractivity contribution >= 4 is 62.5 Å². The molecule has 0 aliphatic carbocycles. The summed E-state index contributed by atoms with van der Waals surface area (Å²) in [6.45, 7) is 3.76. The van der Waals surface area contributed by atoms with Gasteiger partial charge in [0.2, 0.25) is 0 Å². The van der Waals surface area contributed by atoms with E-state index in [0.717, 1.165) is 11.4 Å². The molecule has 0 aliphatic rings. The Balaban J connectivity index is 1.71. The molecular formula is C22H16BrCl2FN6OS. The summed E-state index contributed by atoms with van der Waals surface area (Å²) in [6, 6.07) is 11.1. The number of nitrogens with one attached hydrogen (secondary N) is 1. The van der Waals surface area contributed by atoms with Crippen molar-refractivity contribution in [1.82, 2.24) is 25.0 Å². The maximum absolute atomic E-state index is 14.3. The van der Waals surface area contributed by atoms with E-state index in [4.69, 9.17) is 23.2 Å². The third-order valence-electron chi connectivity index (χ3n) is 4.55. The Bertz CT molecular complexity index is 1360. The van der Waals surface area contributed by atoms with Crippen molar-refractivity contribution in [3.8, 4) is 5.69 Å². The van der Waals surface area contributed by atoms with Crippen molar-refractivity contribution < 1.29 is 9.18 Å². The number of carbonyl (C=O) groups excluding carboxylic acids is 1. The number of thioether (sulfide) groups is 1. The van der Waals surface area contributed by atoms with Crippen LogP contribution in [0.4, 0.5) is 10.1 Å². The highest BCUT2D eigenvalue weighted by molar-refractivity contribution is 9.10. The van der Waals surface area contributed by atoms with Crippen LogP contribution in [-0.4, -0.2) is 30.9 Å². The highest BCUT2D eigenvalue weighted by atomic mass is 79.9. The Hall–Kier alpha value is -2.53. The Morgan fingerprint density at radius 2 is 1.76 bits per heavy atom. The largest absolute Gasteiger partial charge is 0.318 e. The van der Waals surface area contributed by atoms with Crippen LogP contribution in [0.3, 0.4) is 0 Å². The number of nitrogens with zero attached hydrogens (tertiary/aromatic N) is 5. The van der Waals surface area contributed by atoms with Gasteiger partial charge in [0, 0.05) is 31.7 Å². The second-order valence-electron chi connectivity index (χ2n) is 7.22. The molecule has 0 spiro atoms. The van der Waals surface area contributed by atoms with Crippen molar-refractivity contribution in [2.75, 3.05) is 5.32 Å². The zero-order valence-corrected chi connectivity index (χ0v) is 21.7. The first kappa shape index (κ1) is 24.6. The minimum absolute atomic E-state index is 0.0183. The standard InChI is InChI=1S/C22H16BrCl2FN6OS/c1-11-5-12(2)28-22(27-11)34-10-19-20(21(33)29-18-4-3-13(23)6-17(18)26)30-31-32(19)16-8-14(24)7-15(25)9-16/h3-9H,10H2,1-2H3,(H,29,33). The summed E-state index contributed by atoms with van der Waals surface area (Å²) in [5.74, 6) is -0.945. The minimum atomic E-state index is -0.613. The molecule has 0 saturated carbocycles. The van der Waals surface area contributed by atoms with Gasteiger partial charge in [-0.1, -0.05) is 56.1 Å². The van der Waals surface area contributed by atoms with Gasteiger partial charge in [-0.15, -0.1) is 5.10 Å². The molecule has 0 bridgehead atoms. The topological polar surface area (TPSA) is 85.6 Å². The number of hydrogen-bond donors (Lipinski definition) is 1. The van der Waals surface area contributed by atoms with Crippen LogP contribution in [0.25, 0.3) is 5.69 Å². The Kier molecular flexibility index (Phi) is 7.51. The summed E-state index contributed by atoms with van der Waals surface area (Å²) < 4.78 is 16.3. The zero-order chi connectivity index (χ0) is 24.4. The SMILES string of the molecule is Cc1cc(C)nc(SCc2c(C(=O)Nc3ccc(Br)cc3F)nnn2-c2cc(Cl)cc(Cl)c2)n1. The summed E-state index contributed by atoms with van der Waals surface area (Å²) in [5, 5.41) is 12.1. The highest BCUT2D eigenvalue weighted by Crippen LogP contribution is 2.27. The van der Waals surface area contributed by atoms with Gasteiger partial charge < -0.3 is 5.32 Å². The van der Waals surface area contributed by atoms with Gasteiger partial charge in [-0.2, -0.15) is 0 Å². The van der Waals surface area contributed by atoms with Gasteiger partial charge >= 0.3 is 0 Å². The van der Waals surface area contributed by atoms with Crippen molar-refractivity contribution in [2.45, 2.75) is 24.8 Å². The third-order valence-corrected chi connectivity index (χ3v) is 6.34. The number of benzene rings is 2. The van der Waals surface area contributed by atoms with Crippen molar-refractivity contribution in [1.29, 1.82) is 0 Å². The molecule has 2 heterocycles. The molecule has 4 aromatic rings. The quantitative estimate of drug-likeness (QED) is 0.209. The second kappa shape index (κ2) is 10.4. The molecule has 0 atom stereocenters. The molecule has 0 fully saturated rings. The summed E-state index contributed by atoms with van der Waals surface area (Å²) >= 11 is 16.9. The molecule has 1 N–H and O–H groups in total. The fourth-order valence-corrected chi connectivity index (χ4v) is 4.93. The van der Waals surface area contributed by atoms with Crippen LogP contribution in [0.2, 0.25) is 10.0 Å². The van der Waals surface area contributed by atoms with Crippen LogP contribution in [0.15, 0.2) is 52.1 Å². The molecule has 174 valence electrons. The second-order valence-corrected chi connectivity index (χ2v) is 9.96. The van der Waals surface area contributed by atoms with Crippen LogP contribution in [0.5, 0.6) is 0 Å². The molecule has 0 unspecified atom stereocenters. The first-order valence-electron chi connectivity index (χ1n) is 9.82. The number of amides is 1. The van der Waals surface area contributed by atoms with Gasteiger partial charge in [0.15, 0.2) is 10.9 Å². The molecular weight excluding hydrogens is 566 g/mol. The van der Waals surface area contributed by atoms with Gasteiger partial charge in [-0.25, -0.2) is 19.0 Å². The lowest BCUT2D eigenvalue weighted by atomic mass is 10.2. The van der Waals surface area contributed by atoms with Crippen LogP contribution in [-0.2, 0) is 5.75 Å². The molecule has 2 aromatic carbocycles.